The van der Waals surface area contributed by atoms with Crippen LogP contribution in [0.25, 0.3) is 16.7 Å². The van der Waals surface area contributed by atoms with Gasteiger partial charge in [0.2, 0.25) is 28.6 Å². The van der Waals surface area contributed by atoms with E-state index in [0.717, 1.165) is 18.2 Å². The summed E-state index contributed by atoms with van der Waals surface area (Å²) in [6, 6.07) is 4.62. The monoisotopic (exact) mass is 1190 g/mol. The zero-order valence-corrected chi connectivity index (χ0v) is 42.5. The van der Waals surface area contributed by atoms with E-state index < -0.39 is 262 Å². The van der Waals surface area contributed by atoms with Gasteiger partial charge >= 0.3 is 29.8 Å². The first-order valence-electron chi connectivity index (χ1n) is 24.8. The normalized spacial score (nSPS) is 24.4. The highest BCUT2D eigenvalue weighted by atomic mass is 16.6. The Morgan fingerprint density at radius 1 is 0.512 bits per heavy atom. The number of aromatic hydroxyl groups is 16. The molecule has 6 aliphatic rings. The SMILES string of the molecule is O=C(OC1COC(=O)c2cc(O)c(O)c(O)c2-c2c(cc(O)c(O)c2O)C(=O)OC1C1OC(=O)c2cc(O)c(O)c(O)c2C2=C(O)C(=O)C34Oc5cc(O)c6c(c5C3C1OC(=O)C24)OC(c1cc(O)c(O)c(O)c1)C(O)C6)c1cc(O)c(O)c(O)c1. The molecule has 1 saturated heterocycles. The maximum Gasteiger partial charge on any atom is 0.339 e. The number of Topliss-reactive ketones (excluding diaryl/α,β-unsaturated/α-hetero) is 1. The highest BCUT2D eigenvalue weighted by Crippen LogP contribution is 2.67. The molecule has 4 bridgehead atoms. The van der Waals surface area contributed by atoms with Gasteiger partial charge in [0.1, 0.15) is 29.8 Å². The number of fused-ring (bicyclic) bond motifs is 8. The lowest BCUT2D eigenvalue weighted by atomic mass is 9.66. The third-order valence-electron chi connectivity index (χ3n) is 15.6. The number of ketones is 1. The second kappa shape index (κ2) is 18.6. The van der Waals surface area contributed by atoms with Crippen molar-refractivity contribution in [2.24, 2.45) is 5.92 Å². The first-order valence-corrected chi connectivity index (χ1v) is 24.8. The summed E-state index contributed by atoms with van der Waals surface area (Å²) in [5.41, 5.74) is -13.4. The molecule has 31 nitrogen and oxygen atoms in total. The van der Waals surface area contributed by atoms with Crippen molar-refractivity contribution in [3.63, 3.8) is 0 Å². The van der Waals surface area contributed by atoms with Crippen LogP contribution in [0.5, 0.6) is 103 Å². The van der Waals surface area contributed by atoms with Gasteiger partial charge < -0.3 is 125 Å². The van der Waals surface area contributed by atoms with E-state index in [0.29, 0.717) is 30.3 Å². The highest BCUT2D eigenvalue weighted by molar-refractivity contribution is 6.21. The van der Waals surface area contributed by atoms with E-state index in [4.69, 9.17) is 33.2 Å². The van der Waals surface area contributed by atoms with Gasteiger partial charge in [-0.1, -0.05) is 0 Å². The number of benzene rings is 6. The molecule has 86 heavy (non-hydrogen) atoms. The van der Waals surface area contributed by atoms with Gasteiger partial charge in [-0.3, -0.25) is 9.59 Å². The summed E-state index contributed by atoms with van der Waals surface area (Å²) < 4.78 is 42.3. The molecule has 6 aromatic rings. The number of phenolic OH excluding ortho intramolecular Hbond substituents is 16. The average molecular weight is 1190 g/mol. The maximum atomic E-state index is 15.5. The van der Waals surface area contributed by atoms with Crippen LogP contribution in [0.1, 0.15) is 75.7 Å². The van der Waals surface area contributed by atoms with E-state index in [1.807, 2.05) is 0 Å². The van der Waals surface area contributed by atoms with Crippen molar-refractivity contribution in [3.05, 3.63) is 98.8 Å². The van der Waals surface area contributed by atoms with E-state index in [9.17, 15) is 102 Å². The van der Waals surface area contributed by atoms with Crippen LogP contribution in [0.15, 0.2) is 54.3 Å². The molecule has 9 unspecified atom stereocenters. The Morgan fingerprint density at radius 2 is 1.00 bits per heavy atom. The van der Waals surface area contributed by atoms with E-state index in [-0.39, 0.29) is 11.1 Å². The Hall–Kier alpha value is -11.8. The molecule has 9 atom stereocenters. The van der Waals surface area contributed by atoms with Crippen molar-refractivity contribution in [1.82, 2.24) is 0 Å². The van der Waals surface area contributed by atoms with E-state index >= 15 is 19.2 Å². The number of carbonyl (C=O) groups excluding carboxylic acids is 6. The molecule has 1 spiro atoms. The van der Waals surface area contributed by atoms with Gasteiger partial charge in [0.15, 0.2) is 105 Å². The molecule has 1 fully saturated rings. The van der Waals surface area contributed by atoms with Crippen LogP contribution in [0.4, 0.5) is 0 Å². The zero-order valence-electron chi connectivity index (χ0n) is 42.5. The van der Waals surface area contributed by atoms with Crippen LogP contribution in [0.3, 0.4) is 0 Å². The minimum Gasteiger partial charge on any atom is -0.507 e. The number of hydrogen-bond acceptors (Lipinski definition) is 31. The first-order chi connectivity index (χ1) is 40.6. The lowest BCUT2D eigenvalue weighted by molar-refractivity contribution is -0.200. The van der Waals surface area contributed by atoms with Crippen molar-refractivity contribution in [1.29, 1.82) is 0 Å². The molecule has 18 N–H and O–H groups in total. The summed E-state index contributed by atoms with van der Waals surface area (Å²) in [4.78, 5) is 90.2. The Bertz CT molecular complexity index is 4130. The largest absolute Gasteiger partial charge is 0.507 e. The minimum atomic E-state index is -3.13. The van der Waals surface area contributed by atoms with Crippen LogP contribution in [0, 0.1) is 5.92 Å². The molecule has 5 heterocycles. The van der Waals surface area contributed by atoms with Gasteiger partial charge in [-0.05, 0) is 42.5 Å². The Kier molecular flexibility index (Phi) is 11.9. The Labute approximate surface area is 474 Å². The topological polar surface area (TPSA) is 531 Å². The quantitative estimate of drug-likeness (QED) is 0.0683. The van der Waals surface area contributed by atoms with Crippen molar-refractivity contribution in [2.45, 2.75) is 54.6 Å². The van der Waals surface area contributed by atoms with Crippen molar-refractivity contribution in [3.8, 4) is 115 Å². The second-order valence-electron chi connectivity index (χ2n) is 20.3. The van der Waals surface area contributed by atoms with E-state index in [1.165, 1.54) is 0 Å². The fraction of sp³-hybridized carbons (Fsp3) is 0.200. The minimum absolute atomic E-state index is 0.286. The second-order valence-corrected chi connectivity index (χ2v) is 20.3. The van der Waals surface area contributed by atoms with E-state index in [1.54, 1.807) is 0 Å². The van der Waals surface area contributed by atoms with Gasteiger partial charge in [-0.15, -0.1) is 0 Å². The van der Waals surface area contributed by atoms with Gasteiger partial charge in [0, 0.05) is 51.4 Å². The molecular weight excluding hydrogens is 1160 g/mol. The average Bonchev–Trinajstić information content (AvgIpc) is 1.50. The summed E-state index contributed by atoms with van der Waals surface area (Å²) in [7, 11) is 0. The molecule has 12 rings (SSSR count). The summed E-state index contributed by atoms with van der Waals surface area (Å²) in [5, 5.41) is 197. The van der Waals surface area contributed by atoms with Gasteiger partial charge in [-0.2, -0.15) is 0 Å². The first kappa shape index (κ1) is 54.8. The van der Waals surface area contributed by atoms with Crippen molar-refractivity contribution >= 4 is 41.2 Å². The molecular formula is C55H38O31. The Morgan fingerprint density at radius 3 is 1.56 bits per heavy atom. The lowest BCUT2D eigenvalue weighted by Crippen LogP contribution is -2.65. The fourth-order valence-corrected chi connectivity index (χ4v) is 11.8. The van der Waals surface area contributed by atoms with Crippen LogP contribution >= 0.6 is 0 Å². The number of cyclic esters (lactones) is 3. The molecule has 0 amide bonds. The van der Waals surface area contributed by atoms with Crippen molar-refractivity contribution < 1.29 is 154 Å². The summed E-state index contributed by atoms with van der Waals surface area (Å²) >= 11 is 0. The fourth-order valence-electron chi connectivity index (χ4n) is 11.8. The van der Waals surface area contributed by atoms with Gasteiger partial charge in [-0.25, -0.2) is 19.2 Å². The number of ether oxygens (including phenoxy) is 7. The summed E-state index contributed by atoms with van der Waals surface area (Å²) in [6.45, 7) is -1.59. The molecule has 31 heteroatoms. The van der Waals surface area contributed by atoms with Crippen LogP contribution in [-0.2, 0) is 39.7 Å². The third kappa shape index (κ3) is 7.56. The molecule has 0 saturated carbocycles. The molecule has 5 aliphatic heterocycles. The van der Waals surface area contributed by atoms with Crippen molar-refractivity contribution in [2.75, 3.05) is 6.61 Å². The van der Waals surface area contributed by atoms with Crippen LogP contribution < -0.4 is 9.47 Å². The number of aliphatic hydroxyl groups excluding tert-OH is 2. The third-order valence-corrected chi connectivity index (χ3v) is 15.6. The number of aliphatic hydroxyl groups is 2. The summed E-state index contributed by atoms with van der Waals surface area (Å²) in [5.74, 6) is -38.7. The van der Waals surface area contributed by atoms with Crippen LogP contribution in [0.2, 0.25) is 0 Å². The smallest absolute Gasteiger partial charge is 0.339 e. The number of esters is 5. The Balaban J connectivity index is 1.15. The number of phenols is 16. The van der Waals surface area contributed by atoms with Gasteiger partial charge in [0.25, 0.3) is 0 Å². The predicted octanol–water partition coefficient (Wildman–Crippen LogP) is 2.15. The summed E-state index contributed by atoms with van der Waals surface area (Å²) in [6.07, 6.45) is -15.4. The molecule has 0 aromatic heterocycles. The lowest BCUT2D eigenvalue weighted by Gasteiger charge is -2.47. The standard InChI is InChI=1S/C55H38O31/c56-17-9-26-31(45-13(17)5-25(64)44(82-45)11-1-18(57)35(65)19(58)2-11)33-47-48(85-53(78)16-8-24(63)39(69)42(72)30(16)32-34(54(79)84-47)55(33,86-26)49(74)43(32)73)46-27(81-50(75)12-3-20(59)36(66)21(60)4-12)10-80-51(76)14-6-22(61)37(67)40(70)28(14)29-15(52(77)83-46)7-23(62)38(68)41(29)71/h1-4,6-9,25,27,33-34,44,46-48,56-73H,5,10H2. The predicted molar refractivity (Wildman–Crippen MR) is 269 cm³/mol. The van der Waals surface area contributed by atoms with E-state index in [2.05, 4.69) is 0 Å². The van der Waals surface area contributed by atoms with Crippen LogP contribution in [-0.4, -0.2) is 170 Å². The maximum absolute atomic E-state index is 15.5. The molecule has 1 aliphatic carbocycles. The molecule has 444 valence electrons. The number of hydrogen-bond donors (Lipinski definition) is 18. The molecule has 6 aromatic carbocycles. The highest BCUT2D eigenvalue weighted by Gasteiger charge is 2.76. The number of rotatable bonds is 4. The molecule has 0 radical (unpaired) electrons. The zero-order chi connectivity index (χ0) is 61.9. The van der Waals surface area contributed by atoms with Gasteiger partial charge in [0.05, 0.1) is 34.3 Å². The number of carbonyl (C=O) groups is 6.